The van der Waals surface area contributed by atoms with Gasteiger partial charge >= 0.3 is 5.97 Å². The number of hydrogen-bond donors (Lipinski definition) is 0. The van der Waals surface area contributed by atoms with Crippen LogP contribution in [0.4, 0.5) is 0 Å². The molecule has 0 amide bonds. The Bertz CT molecular complexity index is 1320. The fraction of sp³-hybridized carbons (Fsp3) is 0.261. The Balaban J connectivity index is 1.51. The summed E-state index contributed by atoms with van der Waals surface area (Å²) in [5, 5.41) is 4.14. The van der Waals surface area contributed by atoms with E-state index in [1.54, 1.807) is 0 Å². The van der Waals surface area contributed by atoms with Gasteiger partial charge in [-0.25, -0.2) is 14.3 Å². The van der Waals surface area contributed by atoms with Crippen LogP contribution in [0.1, 0.15) is 49.3 Å². The van der Waals surface area contributed by atoms with Crippen LogP contribution in [0.5, 0.6) is 0 Å². The molecule has 31 heavy (non-hydrogen) atoms. The van der Waals surface area contributed by atoms with Gasteiger partial charge in [-0.2, -0.15) is 4.98 Å². The van der Waals surface area contributed by atoms with Crippen LogP contribution in [0.3, 0.4) is 0 Å². The Morgan fingerprint density at radius 3 is 2.35 bits per heavy atom. The fourth-order valence-corrected chi connectivity index (χ4v) is 3.66. The van der Waals surface area contributed by atoms with Gasteiger partial charge < -0.3 is 9.30 Å². The van der Waals surface area contributed by atoms with Crippen LogP contribution < -0.4 is 0 Å². The number of carbonyl (C=O) groups excluding carboxylic acids is 2. The van der Waals surface area contributed by atoms with Gasteiger partial charge in [0.1, 0.15) is 0 Å². The van der Waals surface area contributed by atoms with Crippen molar-refractivity contribution in [3.05, 3.63) is 76.1 Å². The van der Waals surface area contributed by atoms with Crippen molar-refractivity contribution in [1.82, 2.24) is 24.1 Å². The van der Waals surface area contributed by atoms with Gasteiger partial charge in [0.15, 0.2) is 6.61 Å². The fourth-order valence-electron chi connectivity index (χ4n) is 3.66. The minimum Gasteiger partial charge on any atom is -0.451 e. The van der Waals surface area contributed by atoms with Gasteiger partial charge in [-0.1, -0.05) is 17.7 Å². The number of hydrogen-bond acceptors (Lipinski definition) is 6. The van der Waals surface area contributed by atoms with Crippen LogP contribution in [0.2, 0.25) is 0 Å². The summed E-state index contributed by atoms with van der Waals surface area (Å²) in [4.78, 5) is 33.6. The molecular weight excluding hydrogens is 394 g/mol. The summed E-state index contributed by atoms with van der Waals surface area (Å²) in [7, 11) is 0. The SMILES string of the molecule is Cc1ccc(-n2c(C)cc(C(=O)COC(=O)c3nc4nc(C)cc(C)n4n3)c2C)cc1. The molecule has 0 bridgehead atoms. The zero-order chi connectivity index (χ0) is 22.3. The summed E-state index contributed by atoms with van der Waals surface area (Å²) < 4.78 is 8.69. The molecule has 0 aliphatic heterocycles. The molecule has 3 heterocycles. The molecule has 0 N–H and O–H groups in total. The van der Waals surface area contributed by atoms with Crippen molar-refractivity contribution in [2.75, 3.05) is 6.61 Å². The second kappa shape index (κ2) is 7.79. The molecule has 0 aliphatic rings. The highest BCUT2D eigenvalue weighted by Gasteiger charge is 2.21. The molecule has 0 aliphatic carbocycles. The topological polar surface area (TPSA) is 91.4 Å². The Kier molecular flexibility index (Phi) is 5.14. The molecule has 8 nitrogen and oxygen atoms in total. The van der Waals surface area contributed by atoms with E-state index < -0.39 is 12.6 Å². The summed E-state index contributed by atoms with van der Waals surface area (Å²) in [6.45, 7) is 9.14. The molecule has 4 rings (SSSR count). The Morgan fingerprint density at radius 1 is 0.935 bits per heavy atom. The molecule has 0 spiro atoms. The van der Waals surface area contributed by atoms with E-state index >= 15 is 0 Å². The number of esters is 1. The summed E-state index contributed by atoms with van der Waals surface area (Å²) in [6.07, 6.45) is 0. The summed E-state index contributed by atoms with van der Waals surface area (Å²) in [5.41, 5.74) is 5.95. The van der Waals surface area contributed by atoms with Gasteiger partial charge in [-0.3, -0.25) is 4.79 Å². The van der Waals surface area contributed by atoms with Crippen molar-refractivity contribution in [2.45, 2.75) is 34.6 Å². The number of ketones is 1. The molecule has 4 aromatic rings. The lowest BCUT2D eigenvalue weighted by molar-refractivity contribution is 0.0462. The maximum Gasteiger partial charge on any atom is 0.378 e. The number of nitrogens with zero attached hydrogens (tertiary/aromatic N) is 5. The summed E-state index contributed by atoms with van der Waals surface area (Å²) in [5.74, 6) is -0.853. The number of aromatic nitrogens is 5. The van der Waals surface area contributed by atoms with Crippen molar-refractivity contribution in [1.29, 1.82) is 0 Å². The van der Waals surface area contributed by atoms with Gasteiger partial charge in [-0.05, 0) is 58.9 Å². The largest absolute Gasteiger partial charge is 0.451 e. The van der Waals surface area contributed by atoms with Crippen LogP contribution in [0.15, 0.2) is 36.4 Å². The Morgan fingerprint density at radius 2 is 1.65 bits per heavy atom. The van der Waals surface area contributed by atoms with Crippen molar-refractivity contribution in [2.24, 2.45) is 0 Å². The Labute approximate surface area is 179 Å². The monoisotopic (exact) mass is 417 g/mol. The lowest BCUT2D eigenvalue weighted by atomic mass is 10.1. The van der Waals surface area contributed by atoms with E-state index in [4.69, 9.17) is 4.74 Å². The molecule has 0 saturated carbocycles. The maximum atomic E-state index is 12.8. The third-order valence-corrected chi connectivity index (χ3v) is 5.16. The number of Topliss-reactive ketones (excluding diaryl/α,β-unsaturated/α-hetero) is 1. The molecule has 158 valence electrons. The van der Waals surface area contributed by atoms with Gasteiger partial charge in [0, 0.05) is 34.0 Å². The first-order chi connectivity index (χ1) is 14.7. The molecule has 0 atom stereocenters. The highest BCUT2D eigenvalue weighted by atomic mass is 16.5. The van der Waals surface area contributed by atoms with E-state index in [2.05, 4.69) is 15.1 Å². The zero-order valence-corrected chi connectivity index (χ0v) is 18.1. The second-order valence-corrected chi connectivity index (χ2v) is 7.64. The lowest BCUT2D eigenvalue weighted by Gasteiger charge is -2.10. The van der Waals surface area contributed by atoms with E-state index in [-0.39, 0.29) is 11.6 Å². The minimum absolute atomic E-state index is 0.126. The second-order valence-electron chi connectivity index (χ2n) is 7.64. The smallest absolute Gasteiger partial charge is 0.378 e. The average molecular weight is 417 g/mol. The highest BCUT2D eigenvalue weighted by Crippen LogP contribution is 2.22. The third kappa shape index (κ3) is 3.84. The lowest BCUT2D eigenvalue weighted by Crippen LogP contribution is -2.16. The van der Waals surface area contributed by atoms with Crippen molar-refractivity contribution >= 4 is 17.5 Å². The van der Waals surface area contributed by atoms with E-state index in [9.17, 15) is 9.59 Å². The van der Waals surface area contributed by atoms with Gasteiger partial charge in [0.2, 0.25) is 5.78 Å². The predicted molar refractivity (Wildman–Crippen MR) is 115 cm³/mol. The van der Waals surface area contributed by atoms with E-state index in [1.807, 2.05) is 75.6 Å². The van der Waals surface area contributed by atoms with Crippen molar-refractivity contribution in [3.8, 4) is 5.69 Å². The number of benzene rings is 1. The first-order valence-electron chi connectivity index (χ1n) is 9.92. The van der Waals surface area contributed by atoms with Crippen LogP contribution >= 0.6 is 0 Å². The number of aryl methyl sites for hydroxylation is 4. The first kappa shape index (κ1) is 20.5. The van der Waals surface area contributed by atoms with Crippen molar-refractivity contribution in [3.63, 3.8) is 0 Å². The Hall–Kier alpha value is -3.81. The minimum atomic E-state index is -0.761. The molecular formula is C23H23N5O3. The number of carbonyl (C=O) groups is 2. The van der Waals surface area contributed by atoms with Crippen molar-refractivity contribution < 1.29 is 14.3 Å². The first-order valence-corrected chi connectivity index (χ1v) is 9.92. The van der Waals surface area contributed by atoms with Crippen LogP contribution in [-0.2, 0) is 4.74 Å². The third-order valence-electron chi connectivity index (χ3n) is 5.16. The van der Waals surface area contributed by atoms with Crippen LogP contribution in [0, 0.1) is 34.6 Å². The van der Waals surface area contributed by atoms with Gasteiger partial charge in [0.05, 0.1) is 0 Å². The number of ether oxygens (including phenoxy) is 1. The molecule has 0 radical (unpaired) electrons. The van der Waals surface area contributed by atoms with Crippen LogP contribution in [0.25, 0.3) is 11.5 Å². The molecule has 0 fully saturated rings. The van der Waals surface area contributed by atoms with E-state index in [0.29, 0.717) is 11.3 Å². The quantitative estimate of drug-likeness (QED) is 0.365. The maximum absolute atomic E-state index is 12.8. The molecule has 0 unspecified atom stereocenters. The normalized spacial score (nSPS) is 11.1. The van der Waals surface area contributed by atoms with E-state index in [0.717, 1.165) is 34.0 Å². The molecule has 0 saturated heterocycles. The summed E-state index contributed by atoms with van der Waals surface area (Å²) in [6, 6.07) is 11.7. The number of rotatable bonds is 5. The van der Waals surface area contributed by atoms with Gasteiger partial charge in [0.25, 0.3) is 11.6 Å². The highest BCUT2D eigenvalue weighted by molar-refractivity contribution is 6.00. The average Bonchev–Trinajstić information content (AvgIpc) is 3.28. The van der Waals surface area contributed by atoms with E-state index in [1.165, 1.54) is 4.52 Å². The zero-order valence-electron chi connectivity index (χ0n) is 18.1. The standard InChI is InChI=1S/C23H23N5O3/c1-13-6-8-18(9-7-13)27-15(3)11-19(17(27)5)20(29)12-31-22(30)21-25-23-24-14(2)10-16(4)28(23)26-21/h6-11H,12H2,1-5H3. The van der Waals surface area contributed by atoms with Gasteiger partial charge in [-0.15, -0.1) is 5.10 Å². The predicted octanol–water partition coefficient (Wildman–Crippen LogP) is 3.50. The molecule has 1 aromatic carbocycles. The van der Waals surface area contributed by atoms with Crippen LogP contribution in [-0.4, -0.2) is 42.5 Å². The molecule has 8 heteroatoms. The number of fused-ring (bicyclic) bond motifs is 1. The molecule has 3 aromatic heterocycles. The summed E-state index contributed by atoms with van der Waals surface area (Å²) >= 11 is 0.